The van der Waals surface area contributed by atoms with Gasteiger partial charge < -0.3 is 10.7 Å². The zero-order valence-electron chi connectivity index (χ0n) is 10.1. The molecule has 2 heterocycles. The van der Waals surface area contributed by atoms with Gasteiger partial charge in [0.1, 0.15) is 11.6 Å². The van der Waals surface area contributed by atoms with Crippen LogP contribution < -0.4 is 16.6 Å². The molecular formula is C10H14N6S2. The topological polar surface area (TPSA) is 88.8 Å². The second-order valence-electron chi connectivity index (χ2n) is 3.48. The standard InChI is InChI=1S/C10H14N6S2/c1-6-7(18-5-13-6)4-12-8-3-9(16-11)15-10(14-8)17-2/h3,5H,4,11H2,1-2H3,(H2,12,14,15,16). The Labute approximate surface area is 113 Å². The molecular weight excluding hydrogens is 268 g/mol. The molecule has 6 nitrogen and oxygen atoms in total. The fraction of sp³-hybridized carbons (Fsp3) is 0.300. The number of hydrogen-bond donors (Lipinski definition) is 3. The van der Waals surface area contributed by atoms with Gasteiger partial charge in [0, 0.05) is 10.9 Å². The first-order valence-electron chi connectivity index (χ1n) is 5.25. The molecule has 0 aromatic carbocycles. The van der Waals surface area contributed by atoms with Crippen LogP contribution in [-0.4, -0.2) is 21.2 Å². The number of nitrogens with two attached hydrogens (primary N) is 1. The third-order valence-electron chi connectivity index (χ3n) is 2.31. The third kappa shape index (κ3) is 3.09. The van der Waals surface area contributed by atoms with Crippen molar-refractivity contribution in [2.75, 3.05) is 17.0 Å². The van der Waals surface area contributed by atoms with Gasteiger partial charge in [-0.15, -0.1) is 11.3 Å². The monoisotopic (exact) mass is 282 g/mol. The highest BCUT2D eigenvalue weighted by atomic mass is 32.2. The molecule has 0 amide bonds. The Morgan fingerprint density at radius 1 is 1.39 bits per heavy atom. The summed E-state index contributed by atoms with van der Waals surface area (Å²) in [5.74, 6) is 6.71. The molecule has 2 rings (SSSR count). The zero-order valence-corrected chi connectivity index (χ0v) is 11.7. The second-order valence-corrected chi connectivity index (χ2v) is 5.20. The van der Waals surface area contributed by atoms with Crippen molar-refractivity contribution in [3.05, 3.63) is 22.1 Å². The lowest BCUT2D eigenvalue weighted by Crippen LogP contribution is -2.11. The SMILES string of the molecule is CSc1nc(NN)cc(NCc2scnc2C)n1. The van der Waals surface area contributed by atoms with Crippen molar-refractivity contribution in [1.82, 2.24) is 15.0 Å². The number of nitrogen functional groups attached to an aromatic ring is 1. The van der Waals surface area contributed by atoms with E-state index in [0.717, 1.165) is 11.5 Å². The number of aryl methyl sites for hydroxylation is 1. The average Bonchev–Trinajstić information content (AvgIpc) is 2.81. The normalized spacial score (nSPS) is 10.4. The van der Waals surface area contributed by atoms with Crippen LogP contribution in [0.25, 0.3) is 0 Å². The number of nitrogens with one attached hydrogen (secondary N) is 2. The van der Waals surface area contributed by atoms with Crippen molar-refractivity contribution in [2.24, 2.45) is 5.84 Å². The van der Waals surface area contributed by atoms with Gasteiger partial charge in [0.25, 0.3) is 0 Å². The first-order chi connectivity index (χ1) is 8.72. The van der Waals surface area contributed by atoms with Crippen molar-refractivity contribution in [1.29, 1.82) is 0 Å². The van der Waals surface area contributed by atoms with Gasteiger partial charge in [-0.25, -0.2) is 20.8 Å². The number of anilines is 2. The highest BCUT2D eigenvalue weighted by molar-refractivity contribution is 7.98. The van der Waals surface area contributed by atoms with Crippen LogP contribution in [0, 0.1) is 6.92 Å². The number of hydrogen-bond acceptors (Lipinski definition) is 8. The highest BCUT2D eigenvalue weighted by Crippen LogP contribution is 2.18. The molecule has 18 heavy (non-hydrogen) atoms. The molecule has 8 heteroatoms. The van der Waals surface area contributed by atoms with Crippen LogP contribution in [0.4, 0.5) is 11.6 Å². The van der Waals surface area contributed by atoms with E-state index < -0.39 is 0 Å². The number of nitrogens with zero attached hydrogens (tertiary/aromatic N) is 3. The molecule has 0 aliphatic rings. The summed E-state index contributed by atoms with van der Waals surface area (Å²) in [4.78, 5) is 14.0. The number of hydrazine groups is 1. The molecule has 0 saturated carbocycles. The van der Waals surface area contributed by atoms with E-state index in [1.807, 2.05) is 18.7 Å². The number of thiazole rings is 1. The summed E-state index contributed by atoms with van der Waals surface area (Å²) in [7, 11) is 0. The van der Waals surface area contributed by atoms with Crippen molar-refractivity contribution < 1.29 is 0 Å². The van der Waals surface area contributed by atoms with E-state index in [2.05, 4.69) is 25.7 Å². The fourth-order valence-corrected chi connectivity index (χ4v) is 2.44. The van der Waals surface area contributed by atoms with Gasteiger partial charge >= 0.3 is 0 Å². The minimum Gasteiger partial charge on any atom is -0.365 e. The molecule has 0 aliphatic heterocycles. The molecule has 0 bridgehead atoms. The molecule has 0 aliphatic carbocycles. The van der Waals surface area contributed by atoms with E-state index in [0.29, 0.717) is 17.5 Å². The second kappa shape index (κ2) is 5.98. The quantitative estimate of drug-likeness (QED) is 0.334. The van der Waals surface area contributed by atoms with Crippen LogP contribution in [0.15, 0.2) is 16.7 Å². The molecule has 2 aromatic rings. The molecule has 4 N–H and O–H groups in total. The molecule has 0 spiro atoms. The summed E-state index contributed by atoms with van der Waals surface area (Å²) in [6.45, 7) is 2.69. The lowest BCUT2D eigenvalue weighted by Gasteiger charge is -2.08. The van der Waals surface area contributed by atoms with E-state index in [1.165, 1.54) is 16.6 Å². The smallest absolute Gasteiger partial charge is 0.191 e. The van der Waals surface area contributed by atoms with Crippen LogP contribution in [0.5, 0.6) is 0 Å². The van der Waals surface area contributed by atoms with Gasteiger partial charge in [-0.1, -0.05) is 11.8 Å². The van der Waals surface area contributed by atoms with Gasteiger partial charge in [0.2, 0.25) is 0 Å². The van der Waals surface area contributed by atoms with Crippen LogP contribution in [0.2, 0.25) is 0 Å². The predicted octanol–water partition coefficient (Wildman–Crippen LogP) is 1.86. The fourth-order valence-electron chi connectivity index (χ4n) is 1.35. The first-order valence-corrected chi connectivity index (χ1v) is 7.36. The van der Waals surface area contributed by atoms with Gasteiger partial charge in [-0.3, -0.25) is 0 Å². The van der Waals surface area contributed by atoms with E-state index in [9.17, 15) is 0 Å². The molecule has 0 atom stereocenters. The lowest BCUT2D eigenvalue weighted by molar-refractivity contribution is 0.953. The molecule has 0 radical (unpaired) electrons. The highest BCUT2D eigenvalue weighted by Gasteiger charge is 2.05. The van der Waals surface area contributed by atoms with Crippen molar-refractivity contribution >= 4 is 34.7 Å². The van der Waals surface area contributed by atoms with Gasteiger partial charge in [-0.05, 0) is 13.2 Å². The number of aromatic nitrogens is 3. The van der Waals surface area contributed by atoms with E-state index >= 15 is 0 Å². The van der Waals surface area contributed by atoms with Crippen LogP contribution in [-0.2, 0) is 6.54 Å². The summed E-state index contributed by atoms with van der Waals surface area (Å²) in [6.07, 6.45) is 1.92. The molecule has 0 fully saturated rings. The van der Waals surface area contributed by atoms with Crippen LogP contribution >= 0.6 is 23.1 Å². The molecule has 0 saturated heterocycles. The van der Waals surface area contributed by atoms with Crippen molar-refractivity contribution in [3.8, 4) is 0 Å². The number of rotatable bonds is 5. The van der Waals surface area contributed by atoms with Crippen molar-refractivity contribution in [2.45, 2.75) is 18.6 Å². The van der Waals surface area contributed by atoms with E-state index in [1.54, 1.807) is 17.4 Å². The molecule has 96 valence electrons. The Kier molecular flexibility index (Phi) is 4.34. The number of thioether (sulfide) groups is 1. The van der Waals surface area contributed by atoms with Crippen LogP contribution in [0.1, 0.15) is 10.6 Å². The van der Waals surface area contributed by atoms with Gasteiger partial charge in [0.15, 0.2) is 5.16 Å². The Morgan fingerprint density at radius 3 is 2.78 bits per heavy atom. The van der Waals surface area contributed by atoms with Gasteiger partial charge in [0.05, 0.1) is 17.7 Å². The minimum atomic E-state index is 0.595. The Balaban J connectivity index is 2.11. The molecule has 0 unspecified atom stereocenters. The zero-order chi connectivity index (χ0) is 13.0. The summed E-state index contributed by atoms with van der Waals surface area (Å²) >= 11 is 3.10. The van der Waals surface area contributed by atoms with E-state index in [4.69, 9.17) is 5.84 Å². The predicted molar refractivity (Wildman–Crippen MR) is 75.8 cm³/mol. The summed E-state index contributed by atoms with van der Waals surface area (Å²) in [5, 5.41) is 3.92. The summed E-state index contributed by atoms with van der Waals surface area (Å²) < 4.78 is 0. The van der Waals surface area contributed by atoms with Gasteiger partial charge in [-0.2, -0.15) is 0 Å². The Morgan fingerprint density at radius 2 is 2.17 bits per heavy atom. The molecule has 2 aromatic heterocycles. The maximum Gasteiger partial charge on any atom is 0.191 e. The summed E-state index contributed by atoms with van der Waals surface area (Å²) in [6, 6.07) is 1.77. The maximum absolute atomic E-state index is 5.37. The van der Waals surface area contributed by atoms with Crippen LogP contribution in [0.3, 0.4) is 0 Å². The maximum atomic E-state index is 5.37. The Bertz CT molecular complexity index is 505. The van der Waals surface area contributed by atoms with Crippen molar-refractivity contribution in [3.63, 3.8) is 0 Å². The Hall–Kier alpha value is -1.38. The largest absolute Gasteiger partial charge is 0.365 e. The summed E-state index contributed by atoms with van der Waals surface area (Å²) in [5.41, 5.74) is 5.42. The van der Waals surface area contributed by atoms with E-state index in [-0.39, 0.29) is 0 Å². The lowest BCUT2D eigenvalue weighted by atomic mass is 10.4. The first kappa shape index (κ1) is 13.1. The minimum absolute atomic E-state index is 0.595. The average molecular weight is 282 g/mol. The third-order valence-corrected chi connectivity index (χ3v) is 3.79.